The van der Waals surface area contributed by atoms with Gasteiger partial charge < -0.3 is 14.7 Å². The highest BCUT2D eigenvalue weighted by atomic mass is 16.5. The molecule has 3 rings (SSSR count). The van der Waals surface area contributed by atoms with Crippen molar-refractivity contribution in [1.82, 2.24) is 9.88 Å². The number of aliphatic hydroxyl groups is 1. The van der Waals surface area contributed by atoms with Gasteiger partial charge in [0.1, 0.15) is 18.5 Å². The van der Waals surface area contributed by atoms with Gasteiger partial charge in [0.25, 0.3) is 0 Å². The molecule has 5 nitrogen and oxygen atoms in total. The molecule has 1 saturated carbocycles. The van der Waals surface area contributed by atoms with E-state index in [0.717, 1.165) is 18.6 Å². The molecule has 3 atom stereocenters. The standard InChI is InChI=1S/C13H16N2O3/c16-8-13(17)15-7-9-4-10(15)5-12(9)18-11-2-1-3-14-6-11/h1-3,6,9-10,12,16H,4-5,7-8H2/t9?,10?,12-/m1/s1. The number of aliphatic hydroxyl groups excluding tert-OH is 1. The first-order valence-electron chi connectivity index (χ1n) is 6.25. The van der Waals surface area contributed by atoms with Crippen LogP contribution in [0.5, 0.6) is 5.75 Å². The zero-order valence-corrected chi connectivity index (χ0v) is 10.0. The van der Waals surface area contributed by atoms with Crippen LogP contribution in [0.2, 0.25) is 0 Å². The second kappa shape index (κ2) is 4.57. The molecule has 96 valence electrons. The van der Waals surface area contributed by atoms with Crippen LogP contribution in [0.15, 0.2) is 24.5 Å². The van der Waals surface area contributed by atoms with Crippen molar-refractivity contribution >= 4 is 5.91 Å². The number of amides is 1. The number of fused-ring (bicyclic) bond motifs is 2. The number of carbonyl (C=O) groups excluding carboxylic acids is 1. The number of hydrogen-bond donors (Lipinski definition) is 1. The van der Waals surface area contributed by atoms with Crippen LogP contribution >= 0.6 is 0 Å². The molecule has 1 amide bonds. The van der Waals surface area contributed by atoms with Gasteiger partial charge in [-0.15, -0.1) is 0 Å². The van der Waals surface area contributed by atoms with Gasteiger partial charge in [-0.1, -0.05) is 0 Å². The van der Waals surface area contributed by atoms with Crippen LogP contribution < -0.4 is 4.74 Å². The number of rotatable bonds is 3. The molecule has 0 aromatic carbocycles. The third-order valence-electron chi connectivity index (χ3n) is 3.85. The molecule has 1 aromatic heterocycles. The van der Waals surface area contributed by atoms with Crippen molar-refractivity contribution in [3.63, 3.8) is 0 Å². The van der Waals surface area contributed by atoms with E-state index in [1.165, 1.54) is 0 Å². The second-order valence-corrected chi connectivity index (χ2v) is 4.93. The van der Waals surface area contributed by atoms with Gasteiger partial charge in [-0.05, 0) is 18.6 Å². The zero-order chi connectivity index (χ0) is 12.5. The summed E-state index contributed by atoms with van der Waals surface area (Å²) in [5.74, 6) is 1.00. The number of aromatic nitrogens is 1. The van der Waals surface area contributed by atoms with Crippen molar-refractivity contribution in [2.24, 2.45) is 5.92 Å². The Hall–Kier alpha value is -1.62. The average molecular weight is 248 g/mol. The summed E-state index contributed by atoms with van der Waals surface area (Å²) in [4.78, 5) is 17.3. The van der Waals surface area contributed by atoms with Crippen molar-refractivity contribution in [2.75, 3.05) is 13.2 Å². The lowest BCUT2D eigenvalue weighted by molar-refractivity contribution is -0.136. The lowest BCUT2D eigenvalue weighted by atomic mass is 10.1. The van der Waals surface area contributed by atoms with Crippen molar-refractivity contribution < 1.29 is 14.6 Å². The minimum atomic E-state index is -0.392. The van der Waals surface area contributed by atoms with Gasteiger partial charge in [-0.2, -0.15) is 0 Å². The molecule has 1 N–H and O–H groups in total. The molecular formula is C13H16N2O3. The van der Waals surface area contributed by atoms with Gasteiger partial charge in [0.15, 0.2) is 0 Å². The molecule has 1 aromatic rings. The van der Waals surface area contributed by atoms with E-state index in [-0.39, 0.29) is 18.1 Å². The number of carbonyl (C=O) groups is 1. The Morgan fingerprint density at radius 2 is 2.44 bits per heavy atom. The predicted molar refractivity (Wildman–Crippen MR) is 64.0 cm³/mol. The van der Waals surface area contributed by atoms with Crippen LogP contribution in [-0.2, 0) is 4.79 Å². The smallest absolute Gasteiger partial charge is 0.248 e. The highest BCUT2D eigenvalue weighted by molar-refractivity contribution is 5.78. The number of likely N-dealkylation sites (tertiary alicyclic amines) is 1. The maximum absolute atomic E-state index is 11.5. The van der Waals surface area contributed by atoms with Gasteiger partial charge in [-0.3, -0.25) is 9.78 Å². The Kier molecular flexibility index (Phi) is 2.91. The molecule has 0 radical (unpaired) electrons. The Labute approximate surface area is 105 Å². The van der Waals surface area contributed by atoms with E-state index >= 15 is 0 Å². The molecule has 1 aliphatic carbocycles. The molecule has 0 spiro atoms. The van der Waals surface area contributed by atoms with Gasteiger partial charge in [0.2, 0.25) is 5.91 Å². The minimum Gasteiger partial charge on any atom is -0.488 e. The lowest BCUT2D eigenvalue weighted by Gasteiger charge is -2.31. The summed E-state index contributed by atoms with van der Waals surface area (Å²) < 4.78 is 5.91. The maximum Gasteiger partial charge on any atom is 0.248 e. The summed E-state index contributed by atoms with van der Waals surface area (Å²) in [6, 6.07) is 3.98. The number of hydrogen-bond acceptors (Lipinski definition) is 4. The van der Waals surface area contributed by atoms with E-state index in [1.807, 2.05) is 12.1 Å². The predicted octanol–water partition coefficient (Wildman–Crippen LogP) is 0.442. The van der Waals surface area contributed by atoms with Crippen LogP contribution in [0, 0.1) is 5.92 Å². The SMILES string of the molecule is O=C(CO)N1CC2CC1C[C@H]2Oc1cccnc1. The largest absolute Gasteiger partial charge is 0.488 e. The van der Waals surface area contributed by atoms with Crippen LogP contribution in [0.25, 0.3) is 0 Å². The molecule has 1 aliphatic heterocycles. The monoisotopic (exact) mass is 248 g/mol. The highest BCUT2D eigenvalue weighted by Gasteiger charge is 2.47. The van der Waals surface area contributed by atoms with Gasteiger partial charge in [-0.25, -0.2) is 0 Å². The molecule has 18 heavy (non-hydrogen) atoms. The van der Waals surface area contributed by atoms with Crippen molar-refractivity contribution in [3.05, 3.63) is 24.5 Å². The minimum absolute atomic E-state index is 0.165. The maximum atomic E-state index is 11.5. The summed E-state index contributed by atoms with van der Waals surface area (Å²) in [6.07, 6.45) is 5.43. The van der Waals surface area contributed by atoms with Crippen molar-refractivity contribution in [1.29, 1.82) is 0 Å². The van der Waals surface area contributed by atoms with Crippen LogP contribution in [0.1, 0.15) is 12.8 Å². The highest BCUT2D eigenvalue weighted by Crippen LogP contribution is 2.39. The molecule has 2 unspecified atom stereocenters. The topological polar surface area (TPSA) is 62.7 Å². The first-order chi connectivity index (χ1) is 8.78. The first-order valence-corrected chi connectivity index (χ1v) is 6.25. The Morgan fingerprint density at radius 3 is 3.06 bits per heavy atom. The van der Waals surface area contributed by atoms with E-state index < -0.39 is 6.61 Å². The summed E-state index contributed by atoms with van der Waals surface area (Å²) in [6.45, 7) is 0.312. The lowest BCUT2D eigenvalue weighted by Crippen LogP contribution is -2.44. The molecule has 2 fully saturated rings. The van der Waals surface area contributed by atoms with E-state index in [0.29, 0.717) is 12.5 Å². The number of nitrogens with zero attached hydrogens (tertiary/aromatic N) is 2. The molecule has 5 heteroatoms. The van der Waals surface area contributed by atoms with Crippen LogP contribution in [0.4, 0.5) is 0 Å². The summed E-state index contributed by atoms with van der Waals surface area (Å²) >= 11 is 0. The summed E-state index contributed by atoms with van der Waals surface area (Å²) in [5.41, 5.74) is 0. The fourth-order valence-electron chi connectivity index (χ4n) is 3.04. The molecule has 1 saturated heterocycles. The molecule has 2 aliphatic rings. The Morgan fingerprint density at radius 1 is 1.56 bits per heavy atom. The first kappa shape index (κ1) is 11.5. The normalized spacial score (nSPS) is 29.6. The van der Waals surface area contributed by atoms with Crippen molar-refractivity contribution in [2.45, 2.75) is 25.0 Å². The summed E-state index contributed by atoms with van der Waals surface area (Å²) in [5, 5.41) is 8.89. The molecular weight excluding hydrogens is 232 g/mol. The fraction of sp³-hybridized carbons (Fsp3) is 0.538. The van der Waals surface area contributed by atoms with E-state index in [1.54, 1.807) is 17.3 Å². The quantitative estimate of drug-likeness (QED) is 0.843. The van der Waals surface area contributed by atoms with Crippen LogP contribution in [-0.4, -0.2) is 46.2 Å². The molecule has 2 bridgehead atoms. The van der Waals surface area contributed by atoms with Gasteiger partial charge >= 0.3 is 0 Å². The van der Waals surface area contributed by atoms with Gasteiger partial charge in [0, 0.05) is 31.1 Å². The van der Waals surface area contributed by atoms with E-state index in [9.17, 15) is 4.79 Å². The van der Waals surface area contributed by atoms with Gasteiger partial charge in [0.05, 0.1) is 6.20 Å². The number of piperidine rings is 1. The van der Waals surface area contributed by atoms with E-state index in [4.69, 9.17) is 9.84 Å². The second-order valence-electron chi connectivity index (χ2n) is 4.93. The average Bonchev–Trinajstić information content (AvgIpc) is 2.98. The third kappa shape index (κ3) is 1.95. The Bertz CT molecular complexity index is 437. The zero-order valence-electron chi connectivity index (χ0n) is 10.0. The van der Waals surface area contributed by atoms with E-state index in [2.05, 4.69) is 4.98 Å². The van der Waals surface area contributed by atoms with Crippen molar-refractivity contribution in [3.8, 4) is 5.75 Å². The summed E-state index contributed by atoms with van der Waals surface area (Å²) in [7, 11) is 0. The number of pyridine rings is 1. The fourth-order valence-corrected chi connectivity index (χ4v) is 3.04. The number of ether oxygens (including phenoxy) is 1. The third-order valence-corrected chi connectivity index (χ3v) is 3.85. The Balaban J connectivity index is 1.62. The van der Waals surface area contributed by atoms with Crippen LogP contribution in [0.3, 0.4) is 0 Å². The molecule has 2 heterocycles.